The normalized spacial score (nSPS) is 22.1. The highest BCUT2D eigenvalue weighted by molar-refractivity contribution is 5.31. The van der Waals surface area contributed by atoms with E-state index in [4.69, 9.17) is 15.2 Å². The lowest BCUT2D eigenvalue weighted by Crippen LogP contribution is -2.41. The summed E-state index contributed by atoms with van der Waals surface area (Å²) in [6, 6.07) is 8.51. The lowest BCUT2D eigenvalue weighted by Gasteiger charge is -2.32. The molecule has 3 heteroatoms. The number of ether oxygens (including phenoxy) is 2. The van der Waals surface area contributed by atoms with Crippen LogP contribution in [0.2, 0.25) is 0 Å². The maximum absolute atomic E-state index is 6.31. The van der Waals surface area contributed by atoms with Crippen LogP contribution in [0.4, 0.5) is 0 Å². The van der Waals surface area contributed by atoms with Crippen LogP contribution in [0.5, 0.6) is 0 Å². The molecule has 1 aliphatic heterocycles. The Labute approximate surface area is 116 Å². The topological polar surface area (TPSA) is 44.5 Å². The minimum absolute atomic E-state index is 0.00107. The molecule has 0 bridgehead atoms. The van der Waals surface area contributed by atoms with Crippen LogP contribution in [0.15, 0.2) is 24.3 Å². The molecule has 0 radical (unpaired) electrons. The molecule has 3 unspecified atom stereocenters. The molecule has 1 aromatic carbocycles. The highest BCUT2D eigenvalue weighted by Gasteiger charge is 2.28. The van der Waals surface area contributed by atoms with Gasteiger partial charge in [-0.3, -0.25) is 0 Å². The van der Waals surface area contributed by atoms with Gasteiger partial charge in [-0.1, -0.05) is 38.1 Å². The quantitative estimate of drug-likeness (QED) is 0.888. The van der Waals surface area contributed by atoms with Crippen molar-refractivity contribution in [3.05, 3.63) is 35.4 Å². The maximum Gasteiger partial charge on any atom is 0.0843 e. The van der Waals surface area contributed by atoms with E-state index < -0.39 is 0 Å². The fourth-order valence-electron chi connectivity index (χ4n) is 2.99. The van der Waals surface area contributed by atoms with Crippen LogP contribution in [0.25, 0.3) is 0 Å². The lowest BCUT2D eigenvalue weighted by atomic mass is 9.90. The third-order valence-electron chi connectivity index (χ3n) is 3.93. The molecule has 19 heavy (non-hydrogen) atoms. The Morgan fingerprint density at radius 1 is 1.37 bits per heavy atom. The Hall–Kier alpha value is -0.900. The second-order valence-corrected chi connectivity index (χ2v) is 5.65. The Balaban J connectivity index is 2.08. The number of hydrogen-bond acceptors (Lipinski definition) is 3. The standard InChI is InChI=1S/C16H25NO2/c1-11(2)16(18-3)14(17)10-15-13-7-5-4-6-12(13)8-9-19-15/h4-7,11,14-16H,8-10,17H2,1-3H3. The molecule has 3 atom stereocenters. The summed E-state index contributed by atoms with van der Waals surface area (Å²) in [6.07, 6.45) is 2.00. The second-order valence-electron chi connectivity index (χ2n) is 5.65. The van der Waals surface area contributed by atoms with Crippen molar-refractivity contribution >= 4 is 0 Å². The van der Waals surface area contributed by atoms with Gasteiger partial charge in [0.25, 0.3) is 0 Å². The average Bonchev–Trinajstić information content (AvgIpc) is 2.39. The zero-order valence-electron chi connectivity index (χ0n) is 12.1. The smallest absolute Gasteiger partial charge is 0.0843 e. The highest BCUT2D eigenvalue weighted by Crippen LogP contribution is 2.31. The zero-order chi connectivity index (χ0) is 13.8. The van der Waals surface area contributed by atoms with E-state index >= 15 is 0 Å². The molecule has 0 aromatic heterocycles. The summed E-state index contributed by atoms with van der Waals surface area (Å²) in [7, 11) is 1.74. The van der Waals surface area contributed by atoms with Crippen molar-refractivity contribution in [2.24, 2.45) is 11.7 Å². The Morgan fingerprint density at radius 3 is 2.79 bits per heavy atom. The third kappa shape index (κ3) is 3.35. The van der Waals surface area contributed by atoms with Gasteiger partial charge in [-0.15, -0.1) is 0 Å². The van der Waals surface area contributed by atoms with E-state index in [0.717, 1.165) is 19.4 Å². The van der Waals surface area contributed by atoms with E-state index in [-0.39, 0.29) is 18.2 Å². The van der Waals surface area contributed by atoms with Crippen molar-refractivity contribution in [1.29, 1.82) is 0 Å². The average molecular weight is 263 g/mol. The van der Waals surface area contributed by atoms with Crippen LogP contribution in [0.3, 0.4) is 0 Å². The molecule has 1 aliphatic rings. The first kappa shape index (κ1) is 14.5. The molecule has 3 nitrogen and oxygen atoms in total. The van der Waals surface area contributed by atoms with Crippen molar-refractivity contribution in [1.82, 2.24) is 0 Å². The monoisotopic (exact) mass is 263 g/mol. The van der Waals surface area contributed by atoms with Gasteiger partial charge in [-0.05, 0) is 29.9 Å². The molecule has 0 aliphatic carbocycles. The number of fused-ring (bicyclic) bond motifs is 1. The fourth-order valence-corrected chi connectivity index (χ4v) is 2.99. The van der Waals surface area contributed by atoms with Gasteiger partial charge >= 0.3 is 0 Å². The first-order valence-corrected chi connectivity index (χ1v) is 7.11. The van der Waals surface area contributed by atoms with Crippen molar-refractivity contribution in [2.75, 3.05) is 13.7 Å². The van der Waals surface area contributed by atoms with Crippen LogP contribution in [-0.2, 0) is 15.9 Å². The highest BCUT2D eigenvalue weighted by atomic mass is 16.5. The number of benzene rings is 1. The largest absolute Gasteiger partial charge is 0.380 e. The number of rotatable bonds is 5. The van der Waals surface area contributed by atoms with Crippen molar-refractivity contribution in [3.8, 4) is 0 Å². The predicted molar refractivity (Wildman–Crippen MR) is 77.1 cm³/mol. The molecule has 2 N–H and O–H groups in total. The Bertz CT molecular complexity index is 405. The summed E-state index contributed by atoms with van der Waals surface area (Å²) in [5.74, 6) is 0.416. The van der Waals surface area contributed by atoms with E-state index in [0.29, 0.717) is 5.92 Å². The maximum atomic E-state index is 6.31. The molecule has 106 valence electrons. The summed E-state index contributed by atoms with van der Waals surface area (Å²) in [6.45, 7) is 5.07. The molecule has 0 saturated heterocycles. The number of methoxy groups -OCH3 is 1. The lowest BCUT2D eigenvalue weighted by molar-refractivity contribution is -0.00356. The molecular weight excluding hydrogens is 238 g/mol. The van der Waals surface area contributed by atoms with Crippen molar-refractivity contribution in [3.63, 3.8) is 0 Å². The van der Waals surface area contributed by atoms with Gasteiger partial charge in [0, 0.05) is 13.2 Å². The van der Waals surface area contributed by atoms with E-state index in [9.17, 15) is 0 Å². The first-order valence-electron chi connectivity index (χ1n) is 7.11. The SMILES string of the molecule is COC(C(C)C)C(N)CC1OCCc2ccccc21. The van der Waals surface area contributed by atoms with Gasteiger partial charge in [0.05, 0.1) is 18.8 Å². The van der Waals surface area contributed by atoms with Gasteiger partial charge in [-0.2, -0.15) is 0 Å². The van der Waals surface area contributed by atoms with Crippen LogP contribution < -0.4 is 5.73 Å². The molecule has 0 saturated carbocycles. The van der Waals surface area contributed by atoms with Crippen LogP contribution in [0, 0.1) is 5.92 Å². The minimum atomic E-state index is 0.00107. The number of nitrogens with two attached hydrogens (primary N) is 1. The molecule has 2 rings (SSSR count). The van der Waals surface area contributed by atoms with Gasteiger partial charge in [-0.25, -0.2) is 0 Å². The molecule has 1 aromatic rings. The summed E-state index contributed by atoms with van der Waals surface area (Å²) in [4.78, 5) is 0. The summed E-state index contributed by atoms with van der Waals surface area (Å²) >= 11 is 0. The zero-order valence-corrected chi connectivity index (χ0v) is 12.1. The Kier molecular flexibility index (Phi) is 4.97. The number of hydrogen-bond donors (Lipinski definition) is 1. The third-order valence-corrected chi connectivity index (χ3v) is 3.93. The fraction of sp³-hybridized carbons (Fsp3) is 0.625. The molecule has 0 spiro atoms. The molecular formula is C16H25NO2. The van der Waals surface area contributed by atoms with Crippen LogP contribution >= 0.6 is 0 Å². The predicted octanol–water partition coefficient (Wildman–Crippen LogP) is 2.69. The first-order chi connectivity index (χ1) is 9.13. The molecule has 0 amide bonds. The molecule has 1 heterocycles. The summed E-state index contributed by atoms with van der Waals surface area (Å²) in [5, 5.41) is 0. The van der Waals surface area contributed by atoms with Gasteiger partial charge in [0.1, 0.15) is 0 Å². The van der Waals surface area contributed by atoms with E-state index in [2.05, 4.69) is 38.1 Å². The van der Waals surface area contributed by atoms with Crippen molar-refractivity contribution in [2.45, 2.75) is 44.9 Å². The van der Waals surface area contributed by atoms with E-state index in [1.807, 2.05) is 0 Å². The second kappa shape index (κ2) is 6.51. The summed E-state index contributed by atoms with van der Waals surface area (Å²) < 4.78 is 11.4. The van der Waals surface area contributed by atoms with E-state index in [1.54, 1.807) is 7.11 Å². The minimum Gasteiger partial charge on any atom is -0.380 e. The van der Waals surface area contributed by atoms with Crippen LogP contribution in [0.1, 0.15) is 37.5 Å². The van der Waals surface area contributed by atoms with Crippen LogP contribution in [-0.4, -0.2) is 25.9 Å². The Morgan fingerprint density at radius 2 is 2.11 bits per heavy atom. The van der Waals surface area contributed by atoms with Crippen molar-refractivity contribution < 1.29 is 9.47 Å². The van der Waals surface area contributed by atoms with Gasteiger partial charge < -0.3 is 15.2 Å². The van der Waals surface area contributed by atoms with Gasteiger partial charge in [0.15, 0.2) is 0 Å². The van der Waals surface area contributed by atoms with E-state index in [1.165, 1.54) is 11.1 Å². The van der Waals surface area contributed by atoms with Gasteiger partial charge in [0.2, 0.25) is 0 Å². The molecule has 0 fully saturated rings. The summed E-state index contributed by atoms with van der Waals surface area (Å²) in [5.41, 5.74) is 9.00.